The van der Waals surface area contributed by atoms with E-state index in [2.05, 4.69) is 20.6 Å². The summed E-state index contributed by atoms with van der Waals surface area (Å²) in [6.45, 7) is 2.20. The third-order valence-electron chi connectivity index (χ3n) is 5.95. The van der Waals surface area contributed by atoms with E-state index in [1.54, 1.807) is 6.20 Å². The molecule has 8 heteroatoms. The number of aromatic nitrogens is 4. The predicted molar refractivity (Wildman–Crippen MR) is 104 cm³/mol. The molecule has 2 amide bonds. The first-order valence-electron chi connectivity index (χ1n) is 10.6. The van der Waals surface area contributed by atoms with Crippen molar-refractivity contribution in [2.45, 2.75) is 76.3 Å². The average Bonchev–Trinajstić information content (AvgIpc) is 3.48. The quantitative estimate of drug-likeness (QED) is 0.790. The van der Waals surface area contributed by atoms with E-state index in [0.717, 1.165) is 51.1 Å². The maximum atomic E-state index is 12.7. The van der Waals surface area contributed by atoms with Crippen LogP contribution in [0.1, 0.15) is 69.0 Å². The van der Waals surface area contributed by atoms with Gasteiger partial charge in [0.25, 0.3) is 0 Å². The van der Waals surface area contributed by atoms with Crippen molar-refractivity contribution in [3.05, 3.63) is 30.2 Å². The van der Waals surface area contributed by atoms with Crippen molar-refractivity contribution >= 4 is 6.03 Å². The molecule has 2 aromatic rings. The second-order valence-electron chi connectivity index (χ2n) is 7.91. The van der Waals surface area contributed by atoms with Crippen molar-refractivity contribution < 1.29 is 9.32 Å². The fourth-order valence-electron chi connectivity index (χ4n) is 4.37. The summed E-state index contributed by atoms with van der Waals surface area (Å²) in [7, 11) is 0. The fraction of sp³-hybridized carbons (Fsp3) is 0.700. The van der Waals surface area contributed by atoms with Crippen LogP contribution in [-0.2, 0) is 13.0 Å². The number of carbonyl (C=O) groups excluding carboxylic acids is 1. The van der Waals surface area contributed by atoms with Gasteiger partial charge < -0.3 is 14.7 Å². The largest absolute Gasteiger partial charge is 0.339 e. The van der Waals surface area contributed by atoms with E-state index in [0.29, 0.717) is 24.7 Å². The predicted octanol–water partition coefficient (Wildman–Crippen LogP) is 3.12. The Hall–Kier alpha value is -2.38. The molecule has 0 bridgehead atoms. The standard InChI is InChI=1S/C20H30N6O2/c27-20(21-12-9-18-23-19(28-24-18)16-6-1-2-7-16)26-14-4-3-8-17(26)10-15-25-13-5-11-22-25/h5,11,13,16-17H,1-4,6-10,12,14-15H2,(H,21,27)/t17-/m0/s1. The van der Waals surface area contributed by atoms with Crippen LogP contribution in [0.25, 0.3) is 0 Å². The number of nitrogens with one attached hydrogen (secondary N) is 1. The molecule has 1 aliphatic carbocycles. The van der Waals surface area contributed by atoms with Crippen LogP contribution in [0.4, 0.5) is 4.79 Å². The number of amides is 2. The van der Waals surface area contributed by atoms with Gasteiger partial charge in [0.15, 0.2) is 5.82 Å². The lowest BCUT2D eigenvalue weighted by Crippen LogP contribution is -2.49. The second kappa shape index (κ2) is 9.21. The Kier molecular flexibility index (Phi) is 6.24. The summed E-state index contributed by atoms with van der Waals surface area (Å²) in [5, 5.41) is 11.4. The first-order valence-corrected chi connectivity index (χ1v) is 10.6. The molecule has 1 saturated carbocycles. The highest BCUT2D eigenvalue weighted by Crippen LogP contribution is 2.32. The number of aryl methyl sites for hydroxylation is 1. The molecule has 2 fully saturated rings. The van der Waals surface area contributed by atoms with E-state index in [-0.39, 0.29) is 12.1 Å². The third-order valence-corrected chi connectivity index (χ3v) is 5.95. The van der Waals surface area contributed by atoms with Crippen molar-refractivity contribution in [3.63, 3.8) is 0 Å². The zero-order valence-electron chi connectivity index (χ0n) is 16.4. The highest BCUT2D eigenvalue weighted by atomic mass is 16.5. The summed E-state index contributed by atoms with van der Waals surface area (Å²) in [5.74, 6) is 1.89. The molecule has 0 radical (unpaired) electrons. The van der Waals surface area contributed by atoms with Crippen molar-refractivity contribution in [1.29, 1.82) is 0 Å². The van der Waals surface area contributed by atoms with Gasteiger partial charge >= 0.3 is 6.03 Å². The van der Waals surface area contributed by atoms with Gasteiger partial charge in [-0.1, -0.05) is 18.0 Å². The Bertz CT molecular complexity index is 738. The molecule has 1 atom stereocenters. The number of likely N-dealkylation sites (tertiary alicyclic amines) is 1. The van der Waals surface area contributed by atoms with Crippen LogP contribution in [0.15, 0.2) is 23.0 Å². The van der Waals surface area contributed by atoms with Crippen molar-refractivity contribution in [2.75, 3.05) is 13.1 Å². The maximum Gasteiger partial charge on any atom is 0.317 e. The second-order valence-corrected chi connectivity index (χ2v) is 7.91. The van der Waals surface area contributed by atoms with Gasteiger partial charge in [0.05, 0.1) is 0 Å². The first-order chi connectivity index (χ1) is 13.8. The SMILES string of the molecule is O=C(NCCc1noc(C2CCCC2)n1)N1CCCC[C@H]1CCn1cccn1. The summed E-state index contributed by atoms with van der Waals surface area (Å²) >= 11 is 0. The van der Waals surface area contributed by atoms with Crippen LogP contribution in [0, 0.1) is 0 Å². The van der Waals surface area contributed by atoms with E-state index in [9.17, 15) is 4.79 Å². The minimum Gasteiger partial charge on any atom is -0.339 e. The number of urea groups is 1. The first kappa shape index (κ1) is 19.0. The number of carbonyl (C=O) groups is 1. The van der Waals surface area contributed by atoms with Gasteiger partial charge in [0, 0.05) is 50.4 Å². The van der Waals surface area contributed by atoms with Gasteiger partial charge in [0.1, 0.15) is 0 Å². The molecule has 0 aromatic carbocycles. The van der Waals surface area contributed by atoms with Crippen LogP contribution >= 0.6 is 0 Å². The fourth-order valence-corrected chi connectivity index (χ4v) is 4.37. The summed E-state index contributed by atoms with van der Waals surface area (Å²) in [6.07, 6.45) is 13.4. The summed E-state index contributed by atoms with van der Waals surface area (Å²) in [6, 6.07) is 2.23. The smallest absolute Gasteiger partial charge is 0.317 e. The summed E-state index contributed by atoms with van der Waals surface area (Å²) < 4.78 is 7.35. The molecule has 2 aromatic heterocycles. The molecule has 1 N–H and O–H groups in total. The van der Waals surface area contributed by atoms with Crippen molar-refractivity contribution in [2.24, 2.45) is 0 Å². The number of hydrogen-bond donors (Lipinski definition) is 1. The molecule has 1 saturated heterocycles. The minimum atomic E-state index is 0.0182. The Balaban J connectivity index is 1.23. The van der Waals surface area contributed by atoms with E-state index < -0.39 is 0 Å². The third kappa shape index (κ3) is 4.72. The van der Waals surface area contributed by atoms with E-state index in [4.69, 9.17) is 4.52 Å². The van der Waals surface area contributed by atoms with Crippen molar-refractivity contribution in [3.8, 4) is 0 Å². The number of nitrogens with zero attached hydrogens (tertiary/aromatic N) is 5. The molecule has 152 valence electrons. The van der Waals surface area contributed by atoms with Gasteiger partial charge in [-0.2, -0.15) is 10.1 Å². The highest BCUT2D eigenvalue weighted by Gasteiger charge is 2.27. The monoisotopic (exact) mass is 386 g/mol. The van der Waals surface area contributed by atoms with Crippen LogP contribution in [0.3, 0.4) is 0 Å². The molecule has 3 heterocycles. The topological polar surface area (TPSA) is 89.1 Å². The Morgan fingerprint density at radius 1 is 1.21 bits per heavy atom. The van der Waals surface area contributed by atoms with Crippen LogP contribution < -0.4 is 5.32 Å². The van der Waals surface area contributed by atoms with Crippen LogP contribution in [-0.4, -0.2) is 50.0 Å². The maximum absolute atomic E-state index is 12.7. The average molecular weight is 387 g/mol. The van der Waals surface area contributed by atoms with Gasteiger partial charge in [-0.15, -0.1) is 0 Å². The lowest BCUT2D eigenvalue weighted by atomic mass is 10.00. The van der Waals surface area contributed by atoms with Crippen LogP contribution in [0.2, 0.25) is 0 Å². The van der Waals surface area contributed by atoms with Crippen LogP contribution in [0.5, 0.6) is 0 Å². The van der Waals surface area contributed by atoms with Gasteiger partial charge in [-0.25, -0.2) is 4.79 Å². The number of hydrogen-bond acceptors (Lipinski definition) is 5. The Morgan fingerprint density at radius 3 is 2.89 bits per heavy atom. The molecule has 28 heavy (non-hydrogen) atoms. The lowest BCUT2D eigenvalue weighted by Gasteiger charge is -2.35. The summed E-state index contributed by atoms with van der Waals surface area (Å²) in [4.78, 5) is 19.2. The molecule has 1 aliphatic heterocycles. The van der Waals surface area contributed by atoms with Crippen molar-refractivity contribution in [1.82, 2.24) is 30.1 Å². The van der Waals surface area contributed by atoms with Gasteiger partial charge in [-0.05, 0) is 44.6 Å². The molecule has 8 nitrogen and oxygen atoms in total. The van der Waals surface area contributed by atoms with E-state index in [1.807, 2.05) is 21.8 Å². The Morgan fingerprint density at radius 2 is 2.07 bits per heavy atom. The molecular weight excluding hydrogens is 356 g/mol. The number of rotatable bonds is 7. The molecule has 2 aliphatic rings. The zero-order valence-corrected chi connectivity index (χ0v) is 16.4. The normalized spacial score (nSPS) is 20.6. The van der Waals surface area contributed by atoms with E-state index in [1.165, 1.54) is 19.3 Å². The summed E-state index contributed by atoms with van der Waals surface area (Å²) in [5.41, 5.74) is 0. The molecule has 0 spiro atoms. The number of piperidine rings is 1. The zero-order chi connectivity index (χ0) is 19.2. The van der Waals surface area contributed by atoms with Gasteiger partial charge in [-0.3, -0.25) is 4.68 Å². The molecule has 4 rings (SSSR count). The van der Waals surface area contributed by atoms with E-state index >= 15 is 0 Å². The lowest BCUT2D eigenvalue weighted by molar-refractivity contribution is 0.143. The van der Waals surface area contributed by atoms with Gasteiger partial charge in [0.2, 0.25) is 5.89 Å². The highest BCUT2D eigenvalue weighted by molar-refractivity contribution is 5.74. The molecular formula is C20H30N6O2. The molecule has 0 unspecified atom stereocenters. The Labute approximate surface area is 165 Å². The minimum absolute atomic E-state index is 0.0182.